The van der Waals surface area contributed by atoms with Crippen molar-refractivity contribution in [2.24, 2.45) is 0 Å². The second kappa shape index (κ2) is 7.68. The Hall–Kier alpha value is -2.05. The number of hydrogen-bond donors (Lipinski definition) is 1. The molecule has 2 aromatic carbocycles. The van der Waals surface area contributed by atoms with Crippen LogP contribution in [-0.2, 0) is 6.54 Å². The molecular formula is C18H19F2N3S. The number of nitrogens with zero attached hydrogens (tertiary/aromatic N) is 2. The van der Waals surface area contributed by atoms with Crippen molar-refractivity contribution in [3.63, 3.8) is 0 Å². The van der Waals surface area contributed by atoms with E-state index in [0.717, 1.165) is 38.3 Å². The molecule has 0 saturated carbocycles. The van der Waals surface area contributed by atoms with Crippen LogP contribution in [0.1, 0.15) is 5.56 Å². The topological polar surface area (TPSA) is 18.5 Å². The van der Waals surface area contributed by atoms with Crippen molar-refractivity contribution >= 4 is 23.0 Å². The standard InChI is InChI=1S/C18H19F2N3S/c19-15-6-4-14(5-7-15)13-22-8-10-23(11-9-22)18(24)21-17-3-1-2-16(20)12-17/h1-7,12H,8-11,13H2,(H,21,24). The molecule has 0 radical (unpaired) electrons. The number of anilines is 1. The lowest BCUT2D eigenvalue weighted by Gasteiger charge is -2.36. The zero-order valence-corrected chi connectivity index (χ0v) is 14.0. The van der Waals surface area contributed by atoms with E-state index < -0.39 is 0 Å². The Morgan fingerprint density at radius 1 is 0.958 bits per heavy atom. The SMILES string of the molecule is Fc1ccc(CN2CCN(C(=S)Nc3cccc(F)c3)CC2)cc1. The van der Waals surface area contributed by atoms with E-state index in [1.165, 1.54) is 24.3 Å². The van der Waals surface area contributed by atoms with Crippen molar-refractivity contribution in [3.05, 3.63) is 65.7 Å². The van der Waals surface area contributed by atoms with Crippen LogP contribution in [0, 0.1) is 11.6 Å². The van der Waals surface area contributed by atoms with Crippen molar-refractivity contribution in [1.29, 1.82) is 0 Å². The summed E-state index contributed by atoms with van der Waals surface area (Å²) in [6.07, 6.45) is 0. The molecule has 3 nitrogen and oxygen atoms in total. The second-order valence-corrected chi connectivity index (χ2v) is 6.22. The van der Waals surface area contributed by atoms with Gasteiger partial charge in [0.1, 0.15) is 11.6 Å². The Balaban J connectivity index is 1.49. The van der Waals surface area contributed by atoms with Gasteiger partial charge in [-0.15, -0.1) is 0 Å². The Morgan fingerprint density at radius 3 is 2.33 bits per heavy atom. The molecular weight excluding hydrogens is 328 g/mol. The first kappa shape index (κ1) is 16.8. The van der Waals surface area contributed by atoms with Crippen molar-refractivity contribution in [3.8, 4) is 0 Å². The van der Waals surface area contributed by atoms with E-state index >= 15 is 0 Å². The maximum atomic E-state index is 13.2. The first-order chi connectivity index (χ1) is 11.6. The molecule has 0 spiro atoms. The van der Waals surface area contributed by atoms with Gasteiger partial charge in [0, 0.05) is 38.4 Å². The van der Waals surface area contributed by atoms with Gasteiger partial charge in [-0.3, -0.25) is 4.90 Å². The summed E-state index contributed by atoms with van der Waals surface area (Å²) in [6.45, 7) is 4.17. The van der Waals surface area contributed by atoms with Crippen LogP contribution in [-0.4, -0.2) is 41.1 Å². The quantitative estimate of drug-likeness (QED) is 0.857. The van der Waals surface area contributed by atoms with E-state index in [4.69, 9.17) is 12.2 Å². The van der Waals surface area contributed by atoms with Crippen LogP contribution in [0.3, 0.4) is 0 Å². The van der Waals surface area contributed by atoms with Crippen LogP contribution in [0.15, 0.2) is 48.5 Å². The summed E-state index contributed by atoms with van der Waals surface area (Å²) in [5.41, 5.74) is 1.76. The molecule has 0 aliphatic carbocycles. The molecule has 1 fully saturated rings. The number of thiocarbonyl (C=S) groups is 1. The highest BCUT2D eigenvalue weighted by Crippen LogP contribution is 2.13. The lowest BCUT2D eigenvalue weighted by Crippen LogP contribution is -2.49. The second-order valence-electron chi connectivity index (χ2n) is 5.83. The molecule has 0 bridgehead atoms. The van der Waals surface area contributed by atoms with E-state index in [1.807, 2.05) is 12.1 Å². The molecule has 2 aromatic rings. The van der Waals surface area contributed by atoms with Crippen LogP contribution in [0.5, 0.6) is 0 Å². The van der Waals surface area contributed by atoms with Gasteiger partial charge in [-0.2, -0.15) is 0 Å². The highest BCUT2D eigenvalue weighted by molar-refractivity contribution is 7.80. The van der Waals surface area contributed by atoms with Crippen LogP contribution in [0.2, 0.25) is 0 Å². The minimum absolute atomic E-state index is 0.211. The minimum Gasteiger partial charge on any atom is -0.346 e. The minimum atomic E-state index is -0.285. The lowest BCUT2D eigenvalue weighted by atomic mass is 10.2. The van der Waals surface area contributed by atoms with E-state index in [1.54, 1.807) is 12.1 Å². The molecule has 0 aromatic heterocycles. The first-order valence-electron chi connectivity index (χ1n) is 7.88. The van der Waals surface area contributed by atoms with E-state index in [0.29, 0.717) is 10.8 Å². The summed E-state index contributed by atoms with van der Waals surface area (Å²) < 4.78 is 26.2. The van der Waals surface area contributed by atoms with Crippen LogP contribution in [0.25, 0.3) is 0 Å². The highest BCUT2D eigenvalue weighted by Gasteiger charge is 2.19. The average Bonchev–Trinajstić information content (AvgIpc) is 2.57. The number of hydrogen-bond acceptors (Lipinski definition) is 2. The van der Waals surface area contributed by atoms with Crippen LogP contribution >= 0.6 is 12.2 Å². The molecule has 6 heteroatoms. The monoisotopic (exact) mass is 347 g/mol. The summed E-state index contributed by atoms with van der Waals surface area (Å²) in [5, 5.41) is 3.69. The predicted molar refractivity (Wildman–Crippen MR) is 95.9 cm³/mol. The zero-order chi connectivity index (χ0) is 16.9. The van der Waals surface area contributed by atoms with Crippen LogP contribution in [0.4, 0.5) is 14.5 Å². The molecule has 1 aliphatic heterocycles. The normalized spacial score (nSPS) is 15.3. The molecule has 0 amide bonds. The summed E-state index contributed by atoms with van der Waals surface area (Å²) in [7, 11) is 0. The number of nitrogens with one attached hydrogen (secondary N) is 1. The highest BCUT2D eigenvalue weighted by atomic mass is 32.1. The van der Waals surface area contributed by atoms with Gasteiger partial charge in [0.2, 0.25) is 0 Å². The predicted octanol–water partition coefficient (Wildman–Crippen LogP) is 3.48. The first-order valence-corrected chi connectivity index (χ1v) is 8.29. The number of rotatable bonds is 3. The van der Waals surface area contributed by atoms with Gasteiger partial charge < -0.3 is 10.2 Å². The Kier molecular flexibility index (Phi) is 5.37. The smallest absolute Gasteiger partial charge is 0.173 e. The van der Waals surface area contributed by atoms with E-state index in [2.05, 4.69) is 15.1 Å². The fourth-order valence-electron chi connectivity index (χ4n) is 2.73. The largest absolute Gasteiger partial charge is 0.346 e. The maximum absolute atomic E-state index is 13.2. The van der Waals surface area contributed by atoms with Gasteiger partial charge in [-0.05, 0) is 48.1 Å². The van der Waals surface area contributed by atoms with Crippen molar-refractivity contribution < 1.29 is 8.78 Å². The van der Waals surface area contributed by atoms with Crippen molar-refractivity contribution in [1.82, 2.24) is 9.80 Å². The summed E-state index contributed by atoms with van der Waals surface area (Å²) >= 11 is 5.41. The Morgan fingerprint density at radius 2 is 1.67 bits per heavy atom. The van der Waals surface area contributed by atoms with Gasteiger partial charge in [0.25, 0.3) is 0 Å². The van der Waals surface area contributed by atoms with Gasteiger partial charge in [0.05, 0.1) is 0 Å². The molecule has 1 aliphatic rings. The van der Waals surface area contributed by atoms with Crippen molar-refractivity contribution in [2.45, 2.75) is 6.54 Å². The average molecular weight is 347 g/mol. The number of halogens is 2. The zero-order valence-electron chi connectivity index (χ0n) is 13.2. The third-order valence-corrected chi connectivity index (χ3v) is 4.42. The Labute approximate surface area is 145 Å². The van der Waals surface area contributed by atoms with Crippen LogP contribution < -0.4 is 5.32 Å². The number of benzene rings is 2. The fraction of sp³-hybridized carbons (Fsp3) is 0.278. The maximum Gasteiger partial charge on any atom is 0.173 e. The summed E-state index contributed by atoms with van der Waals surface area (Å²) in [4.78, 5) is 4.40. The molecule has 1 N–H and O–H groups in total. The molecule has 0 atom stereocenters. The van der Waals surface area contributed by atoms with Crippen molar-refractivity contribution in [2.75, 3.05) is 31.5 Å². The molecule has 1 saturated heterocycles. The van der Waals surface area contributed by atoms with E-state index in [9.17, 15) is 8.78 Å². The van der Waals surface area contributed by atoms with Gasteiger partial charge >= 0.3 is 0 Å². The third kappa shape index (κ3) is 4.49. The summed E-state index contributed by atoms with van der Waals surface area (Å²) in [5.74, 6) is -0.496. The summed E-state index contributed by atoms with van der Waals surface area (Å²) in [6, 6.07) is 12.9. The fourth-order valence-corrected chi connectivity index (χ4v) is 3.03. The molecule has 0 unspecified atom stereocenters. The number of piperazine rings is 1. The van der Waals surface area contributed by atoms with Gasteiger partial charge in [0.15, 0.2) is 5.11 Å². The van der Waals surface area contributed by atoms with Gasteiger partial charge in [-0.25, -0.2) is 8.78 Å². The lowest BCUT2D eigenvalue weighted by molar-refractivity contribution is 0.177. The molecule has 3 rings (SSSR count). The molecule has 126 valence electrons. The van der Waals surface area contributed by atoms with Gasteiger partial charge in [-0.1, -0.05) is 18.2 Å². The molecule has 1 heterocycles. The van der Waals surface area contributed by atoms with E-state index in [-0.39, 0.29) is 11.6 Å². The third-order valence-electron chi connectivity index (χ3n) is 4.05. The molecule has 24 heavy (non-hydrogen) atoms. The Bertz CT molecular complexity index is 698.